The summed E-state index contributed by atoms with van der Waals surface area (Å²) in [6.45, 7) is 1.77. The Morgan fingerprint density at radius 1 is 1.39 bits per heavy atom. The maximum Gasteiger partial charge on any atom is 0.223 e. The van der Waals surface area contributed by atoms with Gasteiger partial charge in [0.2, 0.25) is 11.7 Å². The predicted octanol–water partition coefficient (Wildman–Crippen LogP) is 3.53. The van der Waals surface area contributed by atoms with Gasteiger partial charge in [-0.3, -0.25) is 0 Å². The highest BCUT2D eigenvalue weighted by molar-refractivity contribution is 9.10. The van der Waals surface area contributed by atoms with Crippen LogP contribution >= 0.6 is 39.0 Å². The zero-order valence-electron chi connectivity index (χ0n) is 9.47. The summed E-state index contributed by atoms with van der Waals surface area (Å²) in [7, 11) is 0. The third-order valence-corrected chi connectivity index (χ3v) is 4.93. The standard InChI is InChI=1S/C10H7BrN4OS2/c1-4-13-8(15-16-4)6-5(11)3-12-9-7(6)18-10(14-9)17-2/h3H,1-2H3. The lowest BCUT2D eigenvalue weighted by Gasteiger charge is -1.98. The molecule has 18 heavy (non-hydrogen) atoms. The number of fused-ring (bicyclic) bond motifs is 1. The second-order valence-corrected chi connectivity index (χ2v) is 6.36. The van der Waals surface area contributed by atoms with Gasteiger partial charge >= 0.3 is 0 Å². The van der Waals surface area contributed by atoms with Crippen LogP contribution in [-0.2, 0) is 0 Å². The van der Waals surface area contributed by atoms with Crippen molar-refractivity contribution in [3.05, 3.63) is 16.6 Å². The van der Waals surface area contributed by atoms with Gasteiger partial charge in [-0.1, -0.05) is 16.9 Å². The van der Waals surface area contributed by atoms with Crippen molar-refractivity contribution in [2.75, 3.05) is 6.26 Å². The Labute approximate surface area is 119 Å². The molecule has 0 spiro atoms. The van der Waals surface area contributed by atoms with Crippen molar-refractivity contribution < 1.29 is 4.52 Å². The maximum atomic E-state index is 5.03. The molecule has 0 fully saturated rings. The fraction of sp³-hybridized carbons (Fsp3) is 0.200. The van der Waals surface area contributed by atoms with E-state index in [0.717, 1.165) is 19.1 Å². The molecule has 0 saturated heterocycles. The van der Waals surface area contributed by atoms with E-state index in [2.05, 4.69) is 36.0 Å². The summed E-state index contributed by atoms with van der Waals surface area (Å²) in [6.07, 6.45) is 3.71. The first kappa shape index (κ1) is 12.1. The molecule has 92 valence electrons. The van der Waals surface area contributed by atoms with Crippen molar-refractivity contribution in [2.24, 2.45) is 0 Å². The van der Waals surface area contributed by atoms with Gasteiger partial charge in [-0.05, 0) is 22.2 Å². The van der Waals surface area contributed by atoms with Crippen molar-refractivity contribution >= 4 is 49.4 Å². The fourth-order valence-electron chi connectivity index (χ4n) is 1.53. The van der Waals surface area contributed by atoms with E-state index < -0.39 is 0 Å². The van der Waals surface area contributed by atoms with Crippen LogP contribution in [0.3, 0.4) is 0 Å². The first-order valence-corrected chi connectivity index (χ1v) is 7.82. The van der Waals surface area contributed by atoms with E-state index in [0.29, 0.717) is 17.4 Å². The lowest BCUT2D eigenvalue weighted by molar-refractivity contribution is 0.394. The zero-order chi connectivity index (χ0) is 12.7. The third kappa shape index (κ3) is 1.94. The molecule has 0 amide bonds. The predicted molar refractivity (Wildman–Crippen MR) is 74.9 cm³/mol. The molecular weight excluding hydrogens is 336 g/mol. The molecule has 0 saturated carbocycles. The number of thiazole rings is 1. The molecule has 0 aliphatic carbocycles. The van der Waals surface area contributed by atoms with Crippen LogP contribution in [0.1, 0.15) is 5.89 Å². The monoisotopic (exact) mass is 342 g/mol. The number of hydrogen-bond donors (Lipinski definition) is 0. The zero-order valence-corrected chi connectivity index (χ0v) is 12.7. The SMILES string of the molecule is CSc1nc2ncc(Br)c(-c3noc(C)n3)c2s1. The Hall–Kier alpha value is -0.990. The van der Waals surface area contributed by atoms with E-state index in [1.807, 2.05) is 6.26 Å². The highest BCUT2D eigenvalue weighted by Gasteiger charge is 2.18. The Morgan fingerprint density at radius 3 is 2.89 bits per heavy atom. The van der Waals surface area contributed by atoms with Gasteiger partial charge in [0.05, 0.1) is 10.3 Å². The Kier molecular flexibility index (Phi) is 3.08. The highest BCUT2D eigenvalue weighted by Crippen LogP contribution is 2.37. The normalized spacial score (nSPS) is 11.3. The third-order valence-electron chi connectivity index (χ3n) is 2.28. The number of aromatic nitrogens is 4. The largest absolute Gasteiger partial charge is 0.339 e. The Balaban J connectivity index is 2.32. The molecule has 0 aliphatic rings. The van der Waals surface area contributed by atoms with Crippen molar-refractivity contribution in [3.63, 3.8) is 0 Å². The lowest BCUT2D eigenvalue weighted by atomic mass is 10.2. The molecule has 3 rings (SSSR count). The average Bonchev–Trinajstić information content (AvgIpc) is 2.95. The minimum Gasteiger partial charge on any atom is -0.339 e. The van der Waals surface area contributed by atoms with Crippen LogP contribution in [0.15, 0.2) is 19.5 Å². The van der Waals surface area contributed by atoms with Gasteiger partial charge in [0, 0.05) is 17.6 Å². The van der Waals surface area contributed by atoms with E-state index >= 15 is 0 Å². The number of halogens is 1. The number of pyridine rings is 1. The molecule has 0 aromatic carbocycles. The van der Waals surface area contributed by atoms with Crippen LogP contribution in [0.2, 0.25) is 0 Å². The van der Waals surface area contributed by atoms with E-state index in [-0.39, 0.29) is 0 Å². The van der Waals surface area contributed by atoms with Crippen molar-refractivity contribution in [3.8, 4) is 11.4 Å². The molecule has 5 nitrogen and oxygen atoms in total. The molecule has 0 aliphatic heterocycles. The molecule has 3 heterocycles. The van der Waals surface area contributed by atoms with Crippen LogP contribution in [0.4, 0.5) is 0 Å². The first-order valence-electron chi connectivity index (χ1n) is 4.98. The topological polar surface area (TPSA) is 64.7 Å². The van der Waals surface area contributed by atoms with E-state index in [1.165, 1.54) is 0 Å². The Morgan fingerprint density at radius 2 is 2.22 bits per heavy atom. The molecule has 0 atom stereocenters. The van der Waals surface area contributed by atoms with Gasteiger partial charge in [0.25, 0.3) is 0 Å². The van der Waals surface area contributed by atoms with Crippen LogP contribution in [0.5, 0.6) is 0 Å². The van der Waals surface area contributed by atoms with Crippen LogP contribution < -0.4 is 0 Å². The van der Waals surface area contributed by atoms with E-state index in [1.54, 1.807) is 36.2 Å². The first-order chi connectivity index (χ1) is 8.69. The summed E-state index contributed by atoms with van der Waals surface area (Å²) >= 11 is 6.66. The summed E-state index contributed by atoms with van der Waals surface area (Å²) < 4.78 is 7.81. The van der Waals surface area contributed by atoms with Crippen molar-refractivity contribution in [2.45, 2.75) is 11.3 Å². The van der Waals surface area contributed by atoms with Gasteiger partial charge < -0.3 is 4.52 Å². The maximum absolute atomic E-state index is 5.03. The molecule has 3 aromatic rings. The average molecular weight is 343 g/mol. The van der Waals surface area contributed by atoms with Crippen LogP contribution in [0.25, 0.3) is 21.7 Å². The summed E-state index contributed by atoms with van der Waals surface area (Å²) in [6, 6.07) is 0. The van der Waals surface area contributed by atoms with Gasteiger partial charge in [-0.2, -0.15) is 4.98 Å². The summed E-state index contributed by atoms with van der Waals surface area (Å²) in [5.74, 6) is 1.10. The summed E-state index contributed by atoms with van der Waals surface area (Å²) in [5.41, 5.74) is 1.60. The molecular formula is C10H7BrN4OS2. The van der Waals surface area contributed by atoms with Crippen molar-refractivity contribution in [1.29, 1.82) is 0 Å². The highest BCUT2D eigenvalue weighted by atomic mass is 79.9. The fourth-order valence-corrected chi connectivity index (χ4v) is 3.70. The van der Waals surface area contributed by atoms with Crippen LogP contribution in [0, 0.1) is 6.92 Å². The second-order valence-electron chi connectivity index (χ2n) is 3.45. The number of rotatable bonds is 2. The van der Waals surface area contributed by atoms with Gasteiger partial charge in [-0.15, -0.1) is 11.3 Å². The number of thioether (sulfide) groups is 1. The van der Waals surface area contributed by atoms with Crippen molar-refractivity contribution in [1.82, 2.24) is 20.1 Å². The number of hydrogen-bond acceptors (Lipinski definition) is 7. The molecule has 3 aromatic heterocycles. The number of nitrogens with zero attached hydrogens (tertiary/aromatic N) is 4. The molecule has 8 heteroatoms. The number of aryl methyl sites for hydroxylation is 1. The smallest absolute Gasteiger partial charge is 0.223 e. The minimum atomic E-state index is 0.538. The minimum absolute atomic E-state index is 0.538. The molecule has 0 bridgehead atoms. The van der Waals surface area contributed by atoms with Gasteiger partial charge in [0.15, 0.2) is 9.99 Å². The molecule has 0 unspecified atom stereocenters. The molecule has 0 radical (unpaired) electrons. The van der Waals surface area contributed by atoms with E-state index in [9.17, 15) is 0 Å². The quantitative estimate of drug-likeness (QED) is 0.663. The Bertz CT molecular complexity index is 724. The van der Waals surface area contributed by atoms with Crippen LogP contribution in [-0.4, -0.2) is 26.4 Å². The molecule has 0 N–H and O–H groups in total. The van der Waals surface area contributed by atoms with E-state index in [4.69, 9.17) is 4.52 Å². The van der Waals surface area contributed by atoms with Gasteiger partial charge in [0.1, 0.15) is 0 Å². The lowest BCUT2D eigenvalue weighted by Crippen LogP contribution is -1.86. The summed E-state index contributed by atoms with van der Waals surface area (Å²) in [4.78, 5) is 13.0. The second kappa shape index (κ2) is 4.60. The van der Waals surface area contributed by atoms with Gasteiger partial charge in [-0.25, -0.2) is 9.97 Å². The summed E-state index contributed by atoms with van der Waals surface area (Å²) in [5, 5.41) is 3.96.